The lowest BCUT2D eigenvalue weighted by molar-refractivity contribution is 0.0742. The predicted molar refractivity (Wildman–Crippen MR) is 82.8 cm³/mol. The first-order chi connectivity index (χ1) is 9.90. The van der Waals surface area contributed by atoms with Gasteiger partial charge >= 0.3 is 0 Å². The molecule has 2 rings (SSSR count). The molecule has 3 nitrogen and oxygen atoms in total. The highest BCUT2D eigenvalue weighted by molar-refractivity contribution is 6.33. The lowest BCUT2D eigenvalue weighted by atomic mass is 10.1. The molecule has 0 bridgehead atoms. The summed E-state index contributed by atoms with van der Waals surface area (Å²) in [6.07, 6.45) is 0. The maximum absolute atomic E-state index is 12.9. The molecule has 1 atom stereocenters. The van der Waals surface area contributed by atoms with E-state index in [1.807, 2.05) is 6.92 Å². The molecule has 0 spiro atoms. The standard InChI is InChI=1S/C16H16ClFN2O/c1-10(11-3-6-13(18)7-4-11)20(2)16(21)12-5-8-15(19)14(17)9-12/h3-10H,19H2,1-2H3. The minimum Gasteiger partial charge on any atom is -0.398 e. The van der Waals surface area contributed by atoms with Gasteiger partial charge in [0.25, 0.3) is 5.91 Å². The van der Waals surface area contributed by atoms with Crippen molar-refractivity contribution in [1.29, 1.82) is 0 Å². The fourth-order valence-electron chi connectivity index (χ4n) is 2.00. The molecule has 0 aliphatic heterocycles. The molecule has 110 valence electrons. The Morgan fingerprint density at radius 3 is 2.43 bits per heavy atom. The Bertz CT molecular complexity index is 658. The molecule has 21 heavy (non-hydrogen) atoms. The monoisotopic (exact) mass is 306 g/mol. The van der Waals surface area contributed by atoms with Crippen LogP contribution in [-0.4, -0.2) is 17.9 Å². The van der Waals surface area contributed by atoms with Gasteiger partial charge in [-0.3, -0.25) is 4.79 Å². The highest BCUT2D eigenvalue weighted by atomic mass is 35.5. The van der Waals surface area contributed by atoms with Crippen LogP contribution in [0, 0.1) is 5.82 Å². The average Bonchev–Trinajstić information content (AvgIpc) is 2.48. The average molecular weight is 307 g/mol. The summed E-state index contributed by atoms with van der Waals surface area (Å²) in [5.74, 6) is -0.473. The molecule has 0 radical (unpaired) electrons. The van der Waals surface area contributed by atoms with E-state index in [0.29, 0.717) is 16.3 Å². The molecule has 1 unspecified atom stereocenters. The number of nitrogens with two attached hydrogens (primary N) is 1. The number of carbonyl (C=O) groups excluding carboxylic acids is 1. The molecular weight excluding hydrogens is 291 g/mol. The maximum atomic E-state index is 12.9. The Kier molecular flexibility index (Phi) is 4.48. The first kappa shape index (κ1) is 15.3. The van der Waals surface area contributed by atoms with Crippen molar-refractivity contribution in [3.05, 3.63) is 64.4 Å². The molecule has 2 N–H and O–H groups in total. The number of nitrogens with zero attached hydrogens (tertiary/aromatic N) is 1. The zero-order valence-electron chi connectivity index (χ0n) is 11.8. The van der Waals surface area contributed by atoms with Gasteiger partial charge in [0.2, 0.25) is 0 Å². The van der Waals surface area contributed by atoms with E-state index in [4.69, 9.17) is 17.3 Å². The Labute approximate surface area is 128 Å². The third-order valence-corrected chi connectivity index (χ3v) is 3.83. The van der Waals surface area contributed by atoms with Gasteiger partial charge in [0, 0.05) is 12.6 Å². The second kappa shape index (κ2) is 6.14. The summed E-state index contributed by atoms with van der Waals surface area (Å²) in [7, 11) is 1.70. The summed E-state index contributed by atoms with van der Waals surface area (Å²) in [6, 6.07) is 10.7. The van der Waals surface area contributed by atoms with E-state index >= 15 is 0 Å². The lowest BCUT2D eigenvalue weighted by Gasteiger charge is -2.25. The summed E-state index contributed by atoms with van der Waals surface area (Å²) >= 11 is 5.94. The van der Waals surface area contributed by atoms with E-state index in [0.717, 1.165) is 5.56 Å². The Balaban J connectivity index is 2.21. The Morgan fingerprint density at radius 2 is 1.86 bits per heavy atom. The van der Waals surface area contributed by atoms with Crippen LogP contribution in [0.5, 0.6) is 0 Å². The largest absolute Gasteiger partial charge is 0.398 e. The van der Waals surface area contributed by atoms with Crippen molar-refractivity contribution in [1.82, 2.24) is 4.90 Å². The van der Waals surface area contributed by atoms with E-state index in [9.17, 15) is 9.18 Å². The fraction of sp³-hybridized carbons (Fsp3) is 0.188. The maximum Gasteiger partial charge on any atom is 0.254 e. The van der Waals surface area contributed by atoms with Gasteiger partial charge in [-0.2, -0.15) is 0 Å². The van der Waals surface area contributed by atoms with Crippen molar-refractivity contribution < 1.29 is 9.18 Å². The van der Waals surface area contributed by atoms with Gasteiger partial charge in [-0.15, -0.1) is 0 Å². The predicted octanol–water partition coefficient (Wildman–Crippen LogP) is 3.89. The van der Waals surface area contributed by atoms with Crippen LogP contribution in [0.1, 0.15) is 28.9 Å². The summed E-state index contributed by atoms with van der Waals surface area (Å²) in [4.78, 5) is 14.0. The first-order valence-corrected chi connectivity index (χ1v) is 6.85. The van der Waals surface area contributed by atoms with Gasteiger partial charge < -0.3 is 10.6 Å². The number of hydrogen-bond donors (Lipinski definition) is 1. The molecule has 0 saturated carbocycles. The van der Waals surface area contributed by atoms with Crippen LogP contribution < -0.4 is 5.73 Å². The number of carbonyl (C=O) groups is 1. The first-order valence-electron chi connectivity index (χ1n) is 6.48. The highest BCUT2D eigenvalue weighted by Crippen LogP contribution is 2.24. The number of rotatable bonds is 3. The van der Waals surface area contributed by atoms with Crippen molar-refractivity contribution in [2.45, 2.75) is 13.0 Å². The zero-order chi connectivity index (χ0) is 15.6. The molecule has 2 aromatic carbocycles. The van der Waals surface area contributed by atoms with Crippen LogP contribution >= 0.6 is 11.6 Å². The van der Waals surface area contributed by atoms with E-state index < -0.39 is 0 Å². The minimum atomic E-state index is -0.301. The van der Waals surface area contributed by atoms with Gasteiger partial charge in [-0.1, -0.05) is 23.7 Å². The molecule has 0 heterocycles. The Hall–Kier alpha value is -2.07. The van der Waals surface area contributed by atoms with Crippen LogP contribution in [0.3, 0.4) is 0 Å². The second-order valence-corrected chi connectivity index (χ2v) is 5.29. The van der Waals surface area contributed by atoms with Crippen LogP contribution in [0.4, 0.5) is 10.1 Å². The van der Waals surface area contributed by atoms with Gasteiger partial charge in [-0.05, 0) is 42.8 Å². The summed E-state index contributed by atoms with van der Waals surface area (Å²) in [5, 5.41) is 0.351. The summed E-state index contributed by atoms with van der Waals surface area (Å²) in [5.41, 5.74) is 7.39. The number of benzene rings is 2. The number of hydrogen-bond acceptors (Lipinski definition) is 2. The third-order valence-electron chi connectivity index (χ3n) is 3.50. The molecule has 0 fully saturated rings. The van der Waals surface area contributed by atoms with Gasteiger partial charge in [0.05, 0.1) is 16.8 Å². The summed E-state index contributed by atoms with van der Waals surface area (Å²) in [6.45, 7) is 1.88. The minimum absolute atomic E-state index is 0.172. The normalized spacial score (nSPS) is 12.0. The van der Waals surface area contributed by atoms with Crippen LogP contribution in [-0.2, 0) is 0 Å². The second-order valence-electron chi connectivity index (χ2n) is 4.88. The molecular formula is C16H16ClFN2O. The molecule has 1 amide bonds. The van der Waals surface area contributed by atoms with Crippen molar-refractivity contribution in [3.8, 4) is 0 Å². The van der Waals surface area contributed by atoms with E-state index in [1.165, 1.54) is 12.1 Å². The fourth-order valence-corrected chi connectivity index (χ4v) is 2.19. The van der Waals surface area contributed by atoms with Crippen LogP contribution in [0.25, 0.3) is 0 Å². The van der Waals surface area contributed by atoms with Crippen molar-refractivity contribution in [2.75, 3.05) is 12.8 Å². The van der Waals surface area contributed by atoms with Gasteiger partial charge in [0.1, 0.15) is 5.82 Å². The van der Waals surface area contributed by atoms with Crippen molar-refractivity contribution in [2.24, 2.45) is 0 Å². The topological polar surface area (TPSA) is 46.3 Å². The van der Waals surface area contributed by atoms with Crippen molar-refractivity contribution in [3.63, 3.8) is 0 Å². The molecule has 5 heteroatoms. The SMILES string of the molecule is CC(c1ccc(F)cc1)N(C)C(=O)c1ccc(N)c(Cl)c1. The van der Waals surface area contributed by atoms with E-state index in [1.54, 1.807) is 42.3 Å². The van der Waals surface area contributed by atoms with E-state index in [-0.39, 0.29) is 17.8 Å². The van der Waals surface area contributed by atoms with Crippen LogP contribution in [0.2, 0.25) is 5.02 Å². The third kappa shape index (κ3) is 3.34. The van der Waals surface area contributed by atoms with Gasteiger partial charge in [-0.25, -0.2) is 4.39 Å². The molecule has 0 aliphatic carbocycles. The number of nitrogen functional groups attached to an aromatic ring is 1. The number of amides is 1. The van der Waals surface area contributed by atoms with Crippen molar-refractivity contribution >= 4 is 23.2 Å². The zero-order valence-corrected chi connectivity index (χ0v) is 12.6. The number of halogens is 2. The molecule has 0 aromatic heterocycles. The molecule has 0 saturated heterocycles. The number of anilines is 1. The quantitative estimate of drug-likeness (QED) is 0.874. The summed E-state index contributed by atoms with van der Waals surface area (Å²) < 4.78 is 12.9. The lowest BCUT2D eigenvalue weighted by Crippen LogP contribution is -2.29. The smallest absolute Gasteiger partial charge is 0.254 e. The Morgan fingerprint density at radius 1 is 1.24 bits per heavy atom. The molecule has 0 aliphatic rings. The van der Waals surface area contributed by atoms with Crippen LogP contribution in [0.15, 0.2) is 42.5 Å². The van der Waals surface area contributed by atoms with E-state index in [2.05, 4.69) is 0 Å². The highest BCUT2D eigenvalue weighted by Gasteiger charge is 2.19. The van der Waals surface area contributed by atoms with Gasteiger partial charge in [0.15, 0.2) is 0 Å². The molecule has 2 aromatic rings.